The van der Waals surface area contributed by atoms with Gasteiger partial charge in [0.05, 0.1) is 47.7 Å². The van der Waals surface area contributed by atoms with Crippen molar-refractivity contribution in [2.24, 2.45) is 29.6 Å². The lowest BCUT2D eigenvalue weighted by Gasteiger charge is -2.60. The Labute approximate surface area is 255 Å². The number of carbonyl (C=O) groups excluding carboxylic acids is 4. The van der Waals surface area contributed by atoms with Gasteiger partial charge in [-0.05, 0) is 73.5 Å². The maximum atomic E-state index is 14.7. The molecule has 8 nitrogen and oxygen atoms in total. The van der Waals surface area contributed by atoms with Crippen molar-refractivity contribution in [1.82, 2.24) is 4.90 Å². The van der Waals surface area contributed by atoms with E-state index in [0.29, 0.717) is 30.2 Å². The number of nitrogens with zero attached hydrogens (tertiary/aromatic N) is 3. The van der Waals surface area contributed by atoms with Crippen LogP contribution >= 0.6 is 0 Å². The molecule has 0 spiro atoms. The van der Waals surface area contributed by atoms with Crippen molar-refractivity contribution in [3.05, 3.63) is 96.6 Å². The van der Waals surface area contributed by atoms with Crippen LogP contribution in [-0.4, -0.2) is 54.3 Å². The van der Waals surface area contributed by atoms with Gasteiger partial charge in [0.1, 0.15) is 5.75 Å². The van der Waals surface area contributed by atoms with Crippen molar-refractivity contribution in [3.8, 4) is 5.75 Å². The molecule has 6 aliphatic rings. The Morgan fingerprint density at radius 2 is 1.11 bits per heavy atom. The molecule has 2 unspecified atom stereocenters. The number of imide groups is 2. The number of ether oxygens (including phenoxy) is 1. The Morgan fingerprint density at radius 3 is 1.59 bits per heavy atom. The first-order chi connectivity index (χ1) is 21.5. The Hall–Kier alpha value is -4.56. The second-order valence-corrected chi connectivity index (χ2v) is 12.5. The summed E-state index contributed by atoms with van der Waals surface area (Å²) in [7, 11) is 1.61. The minimum absolute atomic E-state index is 0.288. The summed E-state index contributed by atoms with van der Waals surface area (Å²) in [6.07, 6.45) is 5.01. The molecular weight excluding hydrogens is 554 g/mol. The van der Waals surface area contributed by atoms with Crippen LogP contribution in [0.25, 0.3) is 5.57 Å². The van der Waals surface area contributed by atoms with Crippen molar-refractivity contribution < 1.29 is 23.9 Å². The second-order valence-electron chi connectivity index (χ2n) is 12.5. The van der Waals surface area contributed by atoms with Gasteiger partial charge in [-0.15, -0.1) is 0 Å². The summed E-state index contributed by atoms with van der Waals surface area (Å²) in [6.45, 7) is 1.37. The number of amides is 4. The van der Waals surface area contributed by atoms with E-state index in [-0.39, 0.29) is 23.6 Å². The number of allylic oxidation sites excluding steroid dienone is 1. The van der Waals surface area contributed by atoms with Gasteiger partial charge in [0.15, 0.2) is 0 Å². The van der Waals surface area contributed by atoms with Gasteiger partial charge < -0.3 is 4.74 Å². The van der Waals surface area contributed by atoms with Gasteiger partial charge in [-0.25, -0.2) is 9.80 Å². The van der Waals surface area contributed by atoms with Crippen molar-refractivity contribution in [2.45, 2.75) is 24.8 Å². The zero-order chi connectivity index (χ0) is 30.2. The number of para-hydroxylation sites is 2. The third-order valence-corrected chi connectivity index (χ3v) is 10.6. The van der Waals surface area contributed by atoms with E-state index < -0.39 is 35.1 Å². The lowest BCUT2D eigenvalue weighted by molar-refractivity contribution is -0.151. The lowest BCUT2D eigenvalue weighted by atomic mass is 9.47. The standard InChI is InChI=1S/C36H33N3O5/c1-44-25-17-15-22(16-18-25)26-21-36(37-19-9-4-10-20-37)30-28(32(40)38(34(30)42)23-11-5-2-6-12-23)27(26)29-31(36)35(43)39(33(29)41)24-13-7-3-8-14-24/h2-3,5-8,11-18,21,27-31H,4,9-10,19-20H2,1H3/t27?,28-,29+,30+,31-,36?. The maximum Gasteiger partial charge on any atom is 0.239 e. The maximum absolute atomic E-state index is 14.7. The fraction of sp³-hybridized carbons (Fsp3) is 0.333. The summed E-state index contributed by atoms with van der Waals surface area (Å²) in [5.74, 6) is -4.24. The van der Waals surface area contributed by atoms with E-state index >= 15 is 0 Å². The van der Waals surface area contributed by atoms with Gasteiger partial charge in [-0.2, -0.15) is 0 Å². The number of rotatable bonds is 5. The fourth-order valence-corrected chi connectivity index (χ4v) is 8.90. The van der Waals surface area contributed by atoms with Crippen molar-refractivity contribution in [1.29, 1.82) is 0 Å². The normalized spacial score (nSPS) is 31.3. The van der Waals surface area contributed by atoms with Crippen LogP contribution in [0.3, 0.4) is 0 Å². The molecule has 4 amide bonds. The SMILES string of the molecule is COc1ccc(C2=CC3(N4CCCCC4)[C@@H]4C(=O)N(c5ccccc5)C(=O)[C@@H]4C2[C@@H]2C(=O)N(c4ccccc4)C(=O)[C@@H]23)cc1. The predicted octanol–water partition coefficient (Wildman–Crippen LogP) is 4.56. The molecule has 1 saturated carbocycles. The number of anilines is 2. The van der Waals surface area contributed by atoms with Gasteiger partial charge in [-0.1, -0.05) is 61.0 Å². The van der Waals surface area contributed by atoms with Gasteiger partial charge >= 0.3 is 0 Å². The number of methoxy groups -OCH3 is 1. The molecule has 3 aliphatic carbocycles. The summed E-state index contributed by atoms with van der Waals surface area (Å²) in [4.78, 5) is 63.4. The zero-order valence-corrected chi connectivity index (χ0v) is 24.5. The van der Waals surface area contributed by atoms with Crippen LogP contribution in [-0.2, 0) is 19.2 Å². The molecule has 3 saturated heterocycles. The van der Waals surface area contributed by atoms with E-state index in [0.717, 1.165) is 30.4 Å². The Bertz CT molecular complexity index is 1610. The zero-order valence-electron chi connectivity index (χ0n) is 24.5. The molecule has 6 atom stereocenters. The molecule has 4 fully saturated rings. The highest BCUT2D eigenvalue weighted by atomic mass is 16.5. The number of piperidine rings is 1. The molecule has 3 aliphatic heterocycles. The Balaban J connectivity index is 1.38. The summed E-state index contributed by atoms with van der Waals surface area (Å²) in [5, 5.41) is 0. The molecule has 44 heavy (non-hydrogen) atoms. The van der Waals surface area contributed by atoms with E-state index in [1.165, 1.54) is 9.80 Å². The van der Waals surface area contributed by atoms with Gasteiger partial charge in [0.2, 0.25) is 23.6 Å². The summed E-state index contributed by atoms with van der Waals surface area (Å²) < 4.78 is 5.42. The third-order valence-electron chi connectivity index (χ3n) is 10.6. The highest BCUT2D eigenvalue weighted by Gasteiger charge is 2.77. The molecule has 3 aromatic rings. The average Bonchev–Trinajstić information content (AvgIpc) is 3.52. The number of carbonyl (C=O) groups is 4. The number of hydrogen-bond donors (Lipinski definition) is 0. The Kier molecular flexibility index (Phi) is 6.14. The lowest BCUT2D eigenvalue weighted by Crippen LogP contribution is -2.70. The van der Waals surface area contributed by atoms with Crippen LogP contribution in [0.5, 0.6) is 5.75 Å². The molecule has 0 aromatic heterocycles. The first-order valence-electron chi connectivity index (χ1n) is 15.5. The average molecular weight is 588 g/mol. The third kappa shape index (κ3) is 3.54. The molecule has 8 heteroatoms. The van der Waals surface area contributed by atoms with Gasteiger partial charge in [-0.3, -0.25) is 24.1 Å². The quantitative estimate of drug-likeness (QED) is 0.407. The minimum atomic E-state index is -1.13. The van der Waals surface area contributed by atoms with Crippen molar-refractivity contribution in [3.63, 3.8) is 0 Å². The van der Waals surface area contributed by atoms with Gasteiger partial charge in [0, 0.05) is 5.92 Å². The monoisotopic (exact) mass is 587 g/mol. The first-order valence-corrected chi connectivity index (χ1v) is 15.5. The molecule has 2 bridgehead atoms. The van der Waals surface area contributed by atoms with Crippen LogP contribution < -0.4 is 14.5 Å². The number of likely N-dealkylation sites (tertiary alicyclic amines) is 1. The number of benzene rings is 3. The highest BCUT2D eigenvalue weighted by molar-refractivity contribution is 6.28. The summed E-state index contributed by atoms with van der Waals surface area (Å²) >= 11 is 0. The topological polar surface area (TPSA) is 87.2 Å². The molecule has 9 rings (SSSR count). The van der Waals surface area contributed by atoms with E-state index in [2.05, 4.69) is 11.0 Å². The molecule has 0 N–H and O–H groups in total. The van der Waals surface area contributed by atoms with Crippen molar-refractivity contribution >= 4 is 40.6 Å². The number of hydrogen-bond acceptors (Lipinski definition) is 6. The summed E-state index contributed by atoms with van der Waals surface area (Å²) in [6, 6.07) is 25.7. The molecule has 3 aromatic carbocycles. The van der Waals surface area contributed by atoms with E-state index in [9.17, 15) is 19.2 Å². The van der Waals surface area contributed by atoms with E-state index in [4.69, 9.17) is 4.74 Å². The van der Waals surface area contributed by atoms with Crippen LogP contribution in [0.1, 0.15) is 24.8 Å². The molecule has 0 radical (unpaired) electrons. The van der Waals surface area contributed by atoms with Crippen molar-refractivity contribution in [2.75, 3.05) is 30.0 Å². The largest absolute Gasteiger partial charge is 0.497 e. The van der Waals surface area contributed by atoms with Crippen LogP contribution in [0, 0.1) is 29.6 Å². The fourth-order valence-electron chi connectivity index (χ4n) is 8.90. The van der Waals surface area contributed by atoms with Crippen LogP contribution in [0.4, 0.5) is 11.4 Å². The van der Waals surface area contributed by atoms with Crippen LogP contribution in [0.2, 0.25) is 0 Å². The Morgan fingerprint density at radius 1 is 0.614 bits per heavy atom. The van der Waals surface area contributed by atoms with E-state index in [1.54, 1.807) is 31.4 Å². The molecule has 3 heterocycles. The van der Waals surface area contributed by atoms with Crippen LogP contribution in [0.15, 0.2) is 91.0 Å². The molecular formula is C36H33N3O5. The highest BCUT2D eigenvalue weighted by Crippen LogP contribution is 2.66. The second kappa shape index (κ2) is 9.99. The molecule has 222 valence electrons. The van der Waals surface area contributed by atoms with E-state index in [1.807, 2.05) is 60.7 Å². The predicted molar refractivity (Wildman–Crippen MR) is 164 cm³/mol. The minimum Gasteiger partial charge on any atom is -0.497 e. The first kappa shape index (κ1) is 27.0. The van der Waals surface area contributed by atoms with Gasteiger partial charge in [0.25, 0.3) is 0 Å². The smallest absolute Gasteiger partial charge is 0.239 e. The summed E-state index contributed by atoms with van der Waals surface area (Å²) in [5.41, 5.74) is 1.63.